The van der Waals surface area contributed by atoms with Crippen molar-refractivity contribution in [2.75, 3.05) is 6.61 Å². The Bertz CT molecular complexity index is 969. The van der Waals surface area contributed by atoms with E-state index in [0.29, 0.717) is 18.5 Å². The molecule has 2 aromatic heterocycles. The van der Waals surface area contributed by atoms with Gasteiger partial charge in [0.2, 0.25) is 0 Å². The van der Waals surface area contributed by atoms with E-state index in [0.717, 1.165) is 28.9 Å². The van der Waals surface area contributed by atoms with Crippen LogP contribution < -0.4 is 4.74 Å². The highest BCUT2D eigenvalue weighted by molar-refractivity contribution is 5.78. The zero-order valence-electron chi connectivity index (χ0n) is 12.6. The van der Waals surface area contributed by atoms with Gasteiger partial charge < -0.3 is 9.72 Å². The summed E-state index contributed by atoms with van der Waals surface area (Å²) in [6, 6.07) is 7.63. The molecule has 0 saturated heterocycles. The molecule has 0 saturated carbocycles. The number of fused-ring (bicyclic) bond motifs is 2. The molecule has 3 aromatic rings. The maximum absolute atomic E-state index is 12.7. The molecule has 0 amide bonds. The smallest absolute Gasteiger partial charge is 0.295 e. The lowest BCUT2D eigenvalue weighted by molar-refractivity contribution is 0.142. The van der Waals surface area contributed by atoms with Gasteiger partial charge in [0.1, 0.15) is 5.75 Å². The summed E-state index contributed by atoms with van der Waals surface area (Å²) in [5.41, 5.74) is 3.55. The van der Waals surface area contributed by atoms with Gasteiger partial charge in [0.25, 0.3) is 6.43 Å². The number of hydrogen-bond acceptors (Lipinski definition) is 3. The van der Waals surface area contributed by atoms with Gasteiger partial charge in [-0.1, -0.05) is 17.9 Å². The van der Waals surface area contributed by atoms with E-state index in [1.54, 1.807) is 12.3 Å². The van der Waals surface area contributed by atoms with Gasteiger partial charge in [0, 0.05) is 30.2 Å². The molecular weight excluding hydrogens is 312 g/mol. The van der Waals surface area contributed by atoms with E-state index in [1.807, 2.05) is 18.2 Å². The van der Waals surface area contributed by atoms with Crippen molar-refractivity contribution in [3.63, 3.8) is 0 Å². The summed E-state index contributed by atoms with van der Waals surface area (Å²) in [5.74, 6) is 6.65. The van der Waals surface area contributed by atoms with E-state index in [-0.39, 0.29) is 11.5 Å². The molecule has 0 atom stereocenters. The topological polar surface area (TPSA) is 50.8 Å². The van der Waals surface area contributed by atoms with Crippen molar-refractivity contribution in [2.45, 2.75) is 19.3 Å². The van der Waals surface area contributed by atoms with Crippen LogP contribution in [0.4, 0.5) is 8.78 Å². The number of alkyl halides is 2. The van der Waals surface area contributed by atoms with Gasteiger partial charge in [-0.3, -0.25) is 0 Å². The minimum atomic E-state index is -2.64. The number of nitrogens with zero attached hydrogens (tertiary/aromatic N) is 2. The van der Waals surface area contributed by atoms with Crippen molar-refractivity contribution in [3.8, 4) is 28.7 Å². The summed E-state index contributed by atoms with van der Waals surface area (Å²) in [6.45, 7) is 0.581. The Morgan fingerprint density at radius 3 is 2.96 bits per heavy atom. The molecule has 1 aliphatic heterocycles. The molecule has 1 N–H and O–H groups in total. The fraction of sp³-hybridized carbons (Fsp3) is 0.222. The van der Waals surface area contributed by atoms with Crippen LogP contribution in [0.1, 0.15) is 24.2 Å². The molecule has 0 spiro atoms. The number of aromatic amines is 1. The lowest BCUT2D eigenvalue weighted by Gasteiger charge is -2.12. The van der Waals surface area contributed by atoms with Gasteiger partial charge in [-0.2, -0.15) is 0 Å². The van der Waals surface area contributed by atoms with Crippen molar-refractivity contribution in [1.29, 1.82) is 0 Å². The zero-order chi connectivity index (χ0) is 16.5. The highest BCUT2D eigenvalue weighted by Gasteiger charge is 2.14. The van der Waals surface area contributed by atoms with Gasteiger partial charge >= 0.3 is 0 Å². The first-order valence-electron chi connectivity index (χ1n) is 7.56. The monoisotopic (exact) mass is 325 g/mol. The fourth-order valence-electron chi connectivity index (χ4n) is 2.68. The van der Waals surface area contributed by atoms with Crippen molar-refractivity contribution < 1.29 is 13.5 Å². The first kappa shape index (κ1) is 14.6. The van der Waals surface area contributed by atoms with Gasteiger partial charge in [0.05, 0.1) is 12.1 Å². The Kier molecular flexibility index (Phi) is 3.62. The number of imidazole rings is 1. The average Bonchev–Trinajstić information content (AvgIpc) is 2.99. The number of ether oxygens (including phenoxy) is 1. The van der Waals surface area contributed by atoms with Crippen molar-refractivity contribution in [3.05, 3.63) is 41.9 Å². The maximum atomic E-state index is 12.7. The summed E-state index contributed by atoms with van der Waals surface area (Å²) >= 11 is 0. The second kappa shape index (κ2) is 5.93. The van der Waals surface area contributed by atoms with E-state index in [2.05, 4.69) is 26.8 Å². The second-order valence-corrected chi connectivity index (χ2v) is 5.47. The normalized spacial score (nSPS) is 13.6. The number of aromatic nitrogens is 3. The predicted molar refractivity (Wildman–Crippen MR) is 85.9 cm³/mol. The SMILES string of the molecule is FC(F)c1nc2ncc(-c3ccc4c(c3)CC#CCCO4)cc2[nH]1. The number of halogens is 2. The largest absolute Gasteiger partial charge is 0.492 e. The van der Waals surface area contributed by atoms with Crippen molar-refractivity contribution >= 4 is 11.2 Å². The minimum absolute atomic E-state index is 0.287. The third kappa shape index (κ3) is 2.69. The van der Waals surface area contributed by atoms with E-state index in [9.17, 15) is 8.78 Å². The van der Waals surface area contributed by atoms with Crippen molar-refractivity contribution in [1.82, 2.24) is 15.0 Å². The zero-order valence-corrected chi connectivity index (χ0v) is 12.6. The third-order valence-corrected chi connectivity index (χ3v) is 3.84. The molecule has 4 rings (SSSR count). The van der Waals surface area contributed by atoms with Crippen LogP contribution >= 0.6 is 0 Å². The number of rotatable bonds is 2. The Morgan fingerprint density at radius 2 is 2.08 bits per heavy atom. The highest BCUT2D eigenvalue weighted by atomic mass is 19.3. The van der Waals surface area contributed by atoms with Crippen LogP contribution in [0, 0.1) is 11.8 Å². The number of nitrogens with one attached hydrogen (secondary N) is 1. The van der Waals surface area contributed by atoms with E-state index < -0.39 is 6.43 Å². The number of H-pyrrole nitrogens is 1. The van der Waals surface area contributed by atoms with Crippen molar-refractivity contribution in [2.24, 2.45) is 0 Å². The first-order valence-corrected chi connectivity index (χ1v) is 7.56. The molecule has 3 heterocycles. The van der Waals surface area contributed by atoms with E-state index in [4.69, 9.17) is 4.74 Å². The van der Waals surface area contributed by atoms with Gasteiger partial charge in [-0.15, -0.1) is 0 Å². The van der Waals surface area contributed by atoms with Gasteiger partial charge in [0.15, 0.2) is 11.5 Å². The fourth-order valence-corrected chi connectivity index (χ4v) is 2.68. The molecular formula is C18H13F2N3O. The molecule has 0 fully saturated rings. The molecule has 0 unspecified atom stereocenters. The summed E-state index contributed by atoms with van der Waals surface area (Å²) in [4.78, 5) is 10.6. The lowest BCUT2D eigenvalue weighted by atomic mass is 10.0. The minimum Gasteiger partial charge on any atom is -0.492 e. The van der Waals surface area contributed by atoms with Crippen LogP contribution in [-0.4, -0.2) is 21.6 Å². The average molecular weight is 325 g/mol. The maximum Gasteiger partial charge on any atom is 0.295 e. The Hall–Kier alpha value is -2.94. The second-order valence-electron chi connectivity index (χ2n) is 5.47. The number of benzene rings is 1. The molecule has 1 aliphatic rings. The molecule has 6 heteroatoms. The molecule has 0 aliphatic carbocycles. The van der Waals surface area contributed by atoms with E-state index in [1.165, 1.54) is 0 Å². The molecule has 0 bridgehead atoms. The summed E-state index contributed by atoms with van der Waals surface area (Å²) in [6.07, 6.45) is 0.345. The van der Waals surface area contributed by atoms with Crippen LogP contribution in [0.15, 0.2) is 30.5 Å². The Labute approximate surface area is 136 Å². The Balaban J connectivity index is 1.75. The lowest BCUT2D eigenvalue weighted by Crippen LogP contribution is -2.01. The number of hydrogen-bond donors (Lipinski definition) is 1. The molecule has 120 valence electrons. The van der Waals surface area contributed by atoms with Crippen LogP contribution in [0.5, 0.6) is 5.75 Å². The summed E-state index contributed by atoms with van der Waals surface area (Å²) in [5, 5.41) is 0. The van der Waals surface area contributed by atoms with Crippen LogP contribution in [0.25, 0.3) is 22.3 Å². The van der Waals surface area contributed by atoms with Crippen LogP contribution in [0.3, 0.4) is 0 Å². The first-order chi connectivity index (χ1) is 11.7. The molecule has 0 radical (unpaired) electrons. The standard InChI is InChI=1S/C18H13F2N3O/c19-16(20)18-22-14-9-13(10-21-17(14)23-18)11-5-6-15-12(8-11)4-2-1-3-7-24-15/h5-6,8-10,16H,3-4,7H2,(H,21,22,23). The van der Waals surface area contributed by atoms with Gasteiger partial charge in [-0.25, -0.2) is 18.7 Å². The van der Waals surface area contributed by atoms with Gasteiger partial charge in [-0.05, 0) is 23.8 Å². The van der Waals surface area contributed by atoms with Crippen LogP contribution in [0.2, 0.25) is 0 Å². The highest BCUT2D eigenvalue weighted by Crippen LogP contribution is 2.29. The molecule has 24 heavy (non-hydrogen) atoms. The molecule has 4 nitrogen and oxygen atoms in total. The summed E-state index contributed by atoms with van der Waals surface area (Å²) in [7, 11) is 0. The van der Waals surface area contributed by atoms with Crippen LogP contribution in [-0.2, 0) is 6.42 Å². The third-order valence-electron chi connectivity index (χ3n) is 3.84. The predicted octanol–water partition coefficient (Wildman–Crippen LogP) is 3.89. The molecule has 1 aromatic carbocycles. The Morgan fingerprint density at radius 1 is 1.17 bits per heavy atom. The summed E-state index contributed by atoms with van der Waals surface area (Å²) < 4.78 is 31.2. The number of pyridine rings is 1. The quantitative estimate of drug-likeness (QED) is 0.727. The van der Waals surface area contributed by atoms with E-state index >= 15 is 0 Å².